The van der Waals surface area contributed by atoms with Gasteiger partial charge in [-0.15, -0.1) is 0 Å². The molecule has 8 heteroatoms. The molecule has 0 fully saturated rings. The van der Waals surface area contributed by atoms with Crippen LogP contribution in [-0.2, 0) is 4.79 Å². The van der Waals surface area contributed by atoms with Gasteiger partial charge in [-0.2, -0.15) is 0 Å². The summed E-state index contributed by atoms with van der Waals surface area (Å²) in [5, 5.41) is 0. The van der Waals surface area contributed by atoms with Gasteiger partial charge >= 0.3 is 213 Å². The quantitative estimate of drug-likeness (QED) is 0.141. The normalized spacial score (nSPS) is 12.1. The summed E-state index contributed by atoms with van der Waals surface area (Å²) in [5.41, 5.74) is -0.155. The fourth-order valence-electron chi connectivity index (χ4n) is 4.20. The van der Waals surface area contributed by atoms with E-state index in [2.05, 4.69) is 0 Å². The van der Waals surface area contributed by atoms with Crippen LogP contribution >= 0.6 is 0 Å². The van der Waals surface area contributed by atoms with Crippen molar-refractivity contribution in [2.45, 2.75) is 12.1 Å². The molecule has 37 heavy (non-hydrogen) atoms. The molecule has 0 unspecified atom stereocenters. The molecule has 0 aromatic heterocycles. The van der Waals surface area contributed by atoms with Gasteiger partial charge in [0.15, 0.2) is 0 Å². The van der Waals surface area contributed by atoms with E-state index < -0.39 is 41.1 Å². The van der Waals surface area contributed by atoms with Gasteiger partial charge in [0.25, 0.3) is 0 Å². The summed E-state index contributed by atoms with van der Waals surface area (Å²) in [7, 11) is 0. The van der Waals surface area contributed by atoms with E-state index in [1.54, 1.807) is 97.1 Å². The molecule has 0 bridgehead atoms. The first-order valence-corrected chi connectivity index (χ1v) is 14.9. The Bertz CT molecular complexity index is 1350. The van der Waals surface area contributed by atoms with E-state index in [9.17, 15) is 31.5 Å². The second-order valence-corrected chi connectivity index (χ2v) is 15.1. The second-order valence-electron chi connectivity index (χ2n) is 8.12. The molecule has 0 aliphatic carbocycles. The Labute approximate surface area is 212 Å². The van der Waals surface area contributed by atoms with Crippen molar-refractivity contribution in [2.24, 2.45) is 0 Å². The summed E-state index contributed by atoms with van der Waals surface area (Å²) in [6.45, 7) is 0. The molecule has 0 N–H and O–H groups in total. The maximum atomic E-state index is 14.9. The number of carbonyl (C=O) groups excluding carboxylic acids is 2. The molecule has 4 aromatic rings. The molecule has 0 aliphatic heterocycles. The first-order valence-electron chi connectivity index (χ1n) is 11.1. The van der Waals surface area contributed by atoms with E-state index in [1.807, 2.05) is 0 Å². The zero-order valence-electron chi connectivity index (χ0n) is 19.2. The topological polar surface area (TPSA) is 34.1 Å². The van der Waals surface area contributed by atoms with Gasteiger partial charge < -0.3 is 0 Å². The first-order chi connectivity index (χ1) is 17.6. The molecular weight excluding hydrogens is 550 g/mol. The summed E-state index contributed by atoms with van der Waals surface area (Å²) in [6.07, 6.45) is -6.19. The molecule has 4 rings (SSSR count). The van der Waals surface area contributed by atoms with Gasteiger partial charge in [-0.1, -0.05) is 0 Å². The summed E-state index contributed by atoms with van der Waals surface area (Å²) in [6, 6.07) is 31.1. The number of benzene rings is 4. The van der Waals surface area contributed by atoms with Crippen molar-refractivity contribution in [1.29, 1.82) is 0 Å². The SMILES string of the molecule is O=C(C(C(=O)C(F)(F)C(F)(F)F)=[As](c1ccccc1)(c1ccccc1)c1ccccc1)c1ccccc1. The van der Waals surface area contributed by atoms with E-state index in [4.69, 9.17) is 0 Å². The number of alkyl halides is 5. The van der Waals surface area contributed by atoms with Crippen molar-refractivity contribution >= 4 is 42.0 Å². The number of halogens is 5. The van der Waals surface area contributed by atoms with Gasteiger partial charge in [-0.05, 0) is 0 Å². The van der Waals surface area contributed by atoms with Crippen LogP contribution in [0.5, 0.6) is 0 Å². The summed E-state index contributed by atoms with van der Waals surface area (Å²) < 4.78 is 70.7. The average molecular weight is 570 g/mol. The third-order valence-corrected chi connectivity index (χ3v) is 14.9. The summed E-state index contributed by atoms with van der Waals surface area (Å²) in [4.78, 5) is 27.5. The van der Waals surface area contributed by atoms with Crippen LogP contribution in [0.2, 0.25) is 0 Å². The summed E-state index contributed by atoms with van der Waals surface area (Å²) in [5.74, 6) is -9.46. The number of hydrogen-bond acceptors (Lipinski definition) is 2. The fourth-order valence-corrected chi connectivity index (χ4v) is 13.4. The predicted octanol–water partition coefficient (Wildman–Crippen LogP) is 4.56. The number of ketones is 2. The van der Waals surface area contributed by atoms with Crippen molar-refractivity contribution in [3.8, 4) is 0 Å². The molecule has 0 saturated heterocycles. The van der Waals surface area contributed by atoms with Crippen molar-refractivity contribution in [3.63, 3.8) is 0 Å². The zero-order valence-corrected chi connectivity index (χ0v) is 21.1. The molecule has 0 saturated carbocycles. The molecule has 4 aromatic carbocycles. The number of rotatable bonds is 7. The Hall–Kier alpha value is -3.70. The Morgan fingerprint density at radius 3 is 1.16 bits per heavy atom. The second kappa shape index (κ2) is 10.3. The van der Waals surface area contributed by atoms with Gasteiger partial charge in [0, 0.05) is 0 Å². The van der Waals surface area contributed by atoms with Crippen molar-refractivity contribution in [3.05, 3.63) is 127 Å². The zero-order chi connectivity index (χ0) is 26.7. The molecular formula is C29H20AsF5O2. The van der Waals surface area contributed by atoms with Gasteiger partial charge in [-0.25, -0.2) is 0 Å². The van der Waals surface area contributed by atoms with Crippen LogP contribution in [0.25, 0.3) is 0 Å². The maximum absolute atomic E-state index is 14.9. The Kier molecular flexibility index (Phi) is 7.37. The molecule has 0 radical (unpaired) electrons. The van der Waals surface area contributed by atoms with Crippen LogP contribution in [0.15, 0.2) is 121 Å². The molecule has 188 valence electrons. The van der Waals surface area contributed by atoms with Crippen LogP contribution in [0.4, 0.5) is 22.0 Å². The fraction of sp³-hybridized carbons (Fsp3) is 0.0690. The number of Topliss-reactive ketones (excluding diaryl/α,β-unsaturated/α-hetero) is 2. The van der Waals surface area contributed by atoms with E-state index in [1.165, 1.54) is 24.3 Å². The molecule has 0 aliphatic rings. The Balaban J connectivity index is 2.32. The van der Waals surface area contributed by atoms with E-state index in [-0.39, 0.29) is 5.56 Å². The molecule has 0 heterocycles. The van der Waals surface area contributed by atoms with E-state index in [0.29, 0.717) is 13.1 Å². The van der Waals surface area contributed by atoms with Crippen LogP contribution in [0.3, 0.4) is 0 Å². The Morgan fingerprint density at radius 1 is 0.514 bits per heavy atom. The van der Waals surface area contributed by atoms with E-state index >= 15 is 0 Å². The van der Waals surface area contributed by atoms with Crippen LogP contribution in [0.1, 0.15) is 10.4 Å². The van der Waals surface area contributed by atoms with Gasteiger partial charge in [0.2, 0.25) is 0 Å². The summed E-state index contributed by atoms with van der Waals surface area (Å²) >= 11 is -4.84. The third kappa shape index (κ3) is 4.72. The van der Waals surface area contributed by atoms with Crippen LogP contribution in [0, 0.1) is 0 Å². The van der Waals surface area contributed by atoms with Crippen molar-refractivity contribution in [2.75, 3.05) is 0 Å². The van der Waals surface area contributed by atoms with Crippen molar-refractivity contribution < 1.29 is 31.5 Å². The van der Waals surface area contributed by atoms with E-state index in [0.717, 1.165) is 0 Å². The monoisotopic (exact) mass is 570 g/mol. The van der Waals surface area contributed by atoms with Gasteiger partial charge in [0.1, 0.15) is 0 Å². The molecule has 0 atom stereocenters. The predicted molar refractivity (Wildman–Crippen MR) is 136 cm³/mol. The first kappa shape index (κ1) is 26.4. The molecule has 0 amide bonds. The molecule has 2 nitrogen and oxygen atoms in total. The van der Waals surface area contributed by atoms with Crippen LogP contribution in [-0.4, -0.2) is 41.1 Å². The number of hydrogen-bond donors (Lipinski definition) is 0. The van der Waals surface area contributed by atoms with Gasteiger partial charge in [0.05, 0.1) is 0 Å². The minimum absolute atomic E-state index is 0.155. The molecule has 0 spiro atoms. The minimum atomic E-state index is -6.19. The standard InChI is InChI=1S/C29H20AsF5O2/c31-28(32,29(33,34)35)27(37)25(26(36)21-13-5-1-6-14-21)30(22-15-7-2-8-16-22,23-17-9-3-10-18-23)24-19-11-4-12-20-24/h1-20H. The third-order valence-electron chi connectivity index (χ3n) is 5.87. The van der Waals surface area contributed by atoms with Gasteiger partial charge in [-0.3, -0.25) is 0 Å². The number of carbonyl (C=O) groups is 2. The van der Waals surface area contributed by atoms with Crippen LogP contribution < -0.4 is 13.1 Å². The Morgan fingerprint density at radius 2 is 0.838 bits per heavy atom. The van der Waals surface area contributed by atoms with Crippen molar-refractivity contribution in [1.82, 2.24) is 0 Å². The average Bonchev–Trinajstić information content (AvgIpc) is 2.92.